The van der Waals surface area contributed by atoms with Gasteiger partial charge in [-0.15, -0.1) is 0 Å². The highest BCUT2D eigenvalue weighted by Crippen LogP contribution is 2.31. The summed E-state index contributed by atoms with van der Waals surface area (Å²) < 4.78 is 17.5. The van der Waals surface area contributed by atoms with Gasteiger partial charge in [-0.25, -0.2) is 23.4 Å². The minimum atomic E-state index is -0.367. The normalized spacial score (nSPS) is 11.3. The highest BCUT2D eigenvalue weighted by molar-refractivity contribution is 9.10. The number of rotatable bonds is 3. The lowest BCUT2D eigenvalue weighted by Crippen LogP contribution is -1.94. The van der Waals surface area contributed by atoms with Gasteiger partial charge in [0, 0.05) is 64.6 Å². The first-order valence-electron chi connectivity index (χ1n) is 14.2. The SMILES string of the molecule is Brc1cnc2c(-c3ccnc4ccccc34)cnn2c1.Fc1ccc(-c2cnc3c(-c4ccnc5ccccc45)cnn3c2)nc1. The van der Waals surface area contributed by atoms with E-state index in [1.165, 1.54) is 12.3 Å². The van der Waals surface area contributed by atoms with E-state index < -0.39 is 0 Å². The van der Waals surface area contributed by atoms with Gasteiger partial charge in [0.05, 0.1) is 39.8 Å². The zero-order chi connectivity index (χ0) is 31.0. The number of para-hydroxylation sites is 2. The number of aromatic nitrogens is 9. The smallest absolute Gasteiger partial charge is 0.162 e. The van der Waals surface area contributed by atoms with Gasteiger partial charge in [-0.2, -0.15) is 10.2 Å². The Labute approximate surface area is 269 Å². The lowest BCUT2D eigenvalue weighted by Gasteiger charge is -2.05. The summed E-state index contributed by atoms with van der Waals surface area (Å²) in [6, 6.07) is 23.0. The third-order valence-corrected chi connectivity index (χ3v) is 7.99. The van der Waals surface area contributed by atoms with Crippen molar-refractivity contribution in [3.63, 3.8) is 0 Å². The lowest BCUT2D eigenvalue weighted by molar-refractivity contribution is 0.622. The highest BCUT2D eigenvalue weighted by Gasteiger charge is 2.13. The summed E-state index contributed by atoms with van der Waals surface area (Å²) in [5.74, 6) is -0.367. The molecule has 0 aliphatic rings. The van der Waals surface area contributed by atoms with Crippen molar-refractivity contribution in [1.29, 1.82) is 0 Å². The summed E-state index contributed by atoms with van der Waals surface area (Å²) in [5.41, 5.74) is 8.97. The molecule has 11 heteroatoms. The number of hydrogen-bond donors (Lipinski definition) is 0. The minimum Gasteiger partial charge on any atom is -0.256 e. The number of nitrogens with zero attached hydrogens (tertiary/aromatic N) is 9. The third kappa shape index (κ3) is 5.02. The van der Waals surface area contributed by atoms with Crippen LogP contribution in [0, 0.1) is 5.82 Å². The Morgan fingerprint density at radius 3 is 1.72 bits per heavy atom. The van der Waals surface area contributed by atoms with E-state index in [0.717, 1.165) is 65.4 Å². The Hall–Kier alpha value is -5.94. The Morgan fingerprint density at radius 1 is 0.522 bits per heavy atom. The summed E-state index contributed by atoms with van der Waals surface area (Å²) in [6.07, 6.45) is 15.7. The molecule has 220 valence electrons. The molecule has 9 nitrogen and oxygen atoms in total. The van der Waals surface area contributed by atoms with Crippen LogP contribution in [-0.2, 0) is 0 Å². The summed E-state index contributed by atoms with van der Waals surface area (Å²) in [6.45, 7) is 0. The standard InChI is InChI=1S/C20H12FN5.C15H9BrN4/c21-14-5-6-18(23-10-14)13-9-24-20-17(11-25-26(20)12-13)15-7-8-22-19-4-2-1-3-16(15)19;16-10-7-18-15-13(8-19-20(15)9-10)11-5-6-17-14-4-2-1-3-12(11)14/h1-12H;1-9H. The van der Waals surface area contributed by atoms with Crippen molar-refractivity contribution in [1.82, 2.24) is 44.1 Å². The Kier molecular flexibility index (Phi) is 6.92. The van der Waals surface area contributed by atoms with E-state index in [1.54, 1.807) is 39.9 Å². The van der Waals surface area contributed by atoms with Crippen molar-refractivity contribution in [2.45, 2.75) is 0 Å². The van der Waals surface area contributed by atoms with E-state index in [2.05, 4.69) is 57.1 Å². The summed E-state index contributed by atoms with van der Waals surface area (Å²) in [7, 11) is 0. The number of fused-ring (bicyclic) bond motifs is 4. The molecule has 0 aliphatic heterocycles. The average molecular weight is 667 g/mol. The molecule has 0 N–H and O–H groups in total. The molecule has 0 fully saturated rings. The van der Waals surface area contributed by atoms with Crippen molar-refractivity contribution in [3.8, 4) is 33.5 Å². The van der Waals surface area contributed by atoms with Crippen LogP contribution in [0.3, 0.4) is 0 Å². The first-order chi connectivity index (χ1) is 22.6. The molecule has 0 radical (unpaired) electrons. The van der Waals surface area contributed by atoms with Gasteiger partial charge < -0.3 is 0 Å². The average Bonchev–Trinajstić information content (AvgIpc) is 3.72. The molecule has 7 heterocycles. The Balaban J connectivity index is 0.000000140. The maximum atomic E-state index is 13.1. The fraction of sp³-hybridized carbons (Fsp3) is 0. The predicted octanol–water partition coefficient (Wildman–Crippen LogP) is 7.85. The van der Waals surface area contributed by atoms with Crippen LogP contribution in [0.25, 0.3) is 66.6 Å². The predicted molar refractivity (Wildman–Crippen MR) is 178 cm³/mol. The van der Waals surface area contributed by atoms with E-state index >= 15 is 0 Å². The van der Waals surface area contributed by atoms with Crippen LogP contribution in [0.2, 0.25) is 0 Å². The first kappa shape index (κ1) is 27.6. The van der Waals surface area contributed by atoms with Gasteiger partial charge >= 0.3 is 0 Å². The van der Waals surface area contributed by atoms with Crippen molar-refractivity contribution in [3.05, 3.63) is 139 Å². The quantitative estimate of drug-likeness (QED) is 0.189. The topological polar surface area (TPSA) is 99.0 Å². The van der Waals surface area contributed by atoms with Crippen LogP contribution in [0.5, 0.6) is 0 Å². The number of benzene rings is 2. The summed E-state index contributed by atoms with van der Waals surface area (Å²) in [5, 5.41) is 11.0. The minimum absolute atomic E-state index is 0.367. The van der Waals surface area contributed by atoms with Gasteiger partial charge in [-0.3, -0.25) is 15.0 Å². The Bertz CT molecular complexity index is 2520. The van der Waals surface area contributed by atoms with Gasteiger partial charge in [0.15, 0.2) is 11.3 Å². The van der Waals surface area contributed by atoms with Gasteiger partial charge in [-0.1, -0.05) is 36.4 Å². The maximum absolute atomic E-state index is 13.1. The van der Waals surface area contributed by atoms with Crippen molar-refractivity contribution in [2.24, 2.45) is 0 Å². The third-order valence-electron chi connectivity index (χ3n) is 7.58. The van der Waals surface area contributed by atoms with Crippen molar-refractivity contribution < 1.29 is 4.39 Å². The van der Waals surface area contributed by atoms with E-state index in [9.17, 15) is 4.39 Å². The molecule has 0 saturated heterocycles. The highest BCUT2D eigenvalue weighted by atomic mass is 79.9. The molecule has 0 atom stereocenters. The molecule has 0 unspecified atom stereocenters. The molecule has 9 rings (SSSR count). The van der Waals surface area contributed by atoms with Crippen LogP contribution in [0.4, 0.5) is 4.39 Å². The van der Waals surface area contributed by atoms with E-state index in [4.69, 9.17) is 0 Å². The van der Waals surface area contributed by atoms with Crippen LogP contribution in [-0.4, -0.2) is 44.1 Å². The second-order valence-electron chi connectivity index (χ2n) is 10.4. The molecular weight excluding hydrogens is 645 g/mol. The lowest BCUT2D eigenvalue weighted by atomic mass is 10.0. The summed E-state index contributed by atoms with van der Waals surface area (Å²) in [4.78, 5) is 21.9. The first-order valence-corrected chi connectivity index (χ1v) is 15.0. The van der Waals surface area contributed by atoms with E-state index in [1.807, 2.05) is 79.4 Å². The van der Waals surface area contributed by atoms with Crippen LogP contribution >= 0.6 is 15.9 Å². The second-order valence-corrected chi connectivity index (χ2v) is 11.3. The Morgan fingerprint density at radius 2 is 1.11 bits per heavy atom. The number of pyridine rings is 3. The van der Waals surface area contributed by atoms with Crippen LogP contribution < -0.4 is 0 Å². The zero-order valence-corrected chi connectivity index (χ0v) is 25.5. The molecule has 7 aromatic heterocycles. The van der Waals surface area contributed by atoms with Crippen LogP contribution in [0.1, 0.15) is 0 Å². The second kappa shape index (κ2) is 11.5. The number of halogens is 2. The van der Waals surface area contributed by atoms with Crippen LogP contribution in [0.15, 0.2) is 133 Å². The molecule has 0 spiro atoms. The van der Waals surface area contributed by atoms with Gasteiger partial charge in [0.1, 0.15) is 5.82 Å². The van der Waals surface area contributed by atoms with Gasteiger partial charge in [-0.05, 0) is 63.5 Å². The fourth-order valence-electron chi connectivity index (χ4n) is 5.45. The molecule has 0 bridgehead atoms. The molecule has 0 amide bonds. The van der Waals surface area contributed by atoms with E-state index in [0.29, 0.717) is 5.69 Å². The molecule has 9 aromatic rings. The zero-order valence-electron chi connectivity index (χ0n) is 23.9. The molecule has 0 saturated carbocycles. The summed E-state index contributed by atoms with van der Waals surface area (Å²) >= 11 is 3.40. The molecule has 46 heavy (non-hydrogen) atoms. The molecule has 2 aromatic carbocycles. The molecular formula is C35H21BrFN9. The van der Waals surface area contributed by atoms with Gasteiger partial charge in [0.25, 0.3) is 0 Å². The monoisotopic (exact) mass is 665 g/mol. The van der Waals surface area contributed by atoms with E-state index in [-0.39, 0.29) is 5.82 Å². The van der Waals surface area contributed by atoms with Gasteiger partial charge in [0.2, 0.25) is 0 Å². The number of hydrogen-bond acceptors (Lipinski definition) is 7. The van der Waals surface area contributed by atoms with Crippen molar-refractivity contribution >= 4 is 49.0 Å². The molecule has 0 aliphatic carbocycles. The van der Waals surface area contributed by atoms with Crippen molar-refractivity contribution in [2.75, 3.05) is 0 Å². The maximum Gasteiger partial charge on any atom is 0.162 e. The largest absolute Gasteiger partial charge is 0.256 e. The fourth-order valence-corrected chi connectivity index (χ4v) is 5.74.